The molecule has 2 aromatic carbocycles. The molecular formula is C30H38FN3O5. The summed E-state index contributed by atoms with van der Waals surface area (Å²) in [6.45, 7) is 6.37. The molecule has 8 nitrogen and oxygen atoms in total. The number of hydrogen-bond acceptors (Lipinski definition) is 6. The van der Waals surface area contributed by atoms with E-state index in [2.05, 4.69) is 4.74 Å². The summed E-state index contributed by atoms with van der Waals surface area (Å²) in [6.07, 6.45) is -1.53. The number of halogens is 1. The number of rotatable bonds is 12. The number of aromatic nitrogens is 2. The van der Waals surface area contributed by atoms with Gasteiger partial charge in [-0.2, -0.15) is 5.10 Å². The van der Waals surface area contributed by atoms with Crippen LogP contribution in [0.1, 0.15) is 71.9 Å². The normalized spacial score (nSPS) is 12.8. The number of carbonyl (C=O) groups excluding carboxylic acids is 2. The van der Waals surface area contributed by atoms with Crippen LogP contribution in [0.15, 0.2) is 48.5 Å². The number of carbonyl (C=O) groups is 2. The van der Waals surface area contributed by atoms with Crippen LogP contribution in [0.5, 0.6) is 0 Å². The number of aliphatic hydroxyl groups is 2. The van der Waals surface area contributed by atoms with E-state index in [1.54, 1.807) is 28.8 Å². The molecule has 0 fully saturated rings. The highest BCUT2D eigenvalue weighted by molar-refractivity contribution is 5.94. The number of esters is 1. The van der Waals surface area contributed by atoms with E-state index in [4.69, 9.17) is 5.10 Å². The third kappa shape index (κ3) is 7.74. The van der Waals surface area contributed by atoms with Crippen LogP contribution in [-0.4, -0.2) is 63.1 Å². The number of aryl methyl sites for hydroxylation is 1. The Kier molecular flexibility index (Phi) is 10.4. The second-order valence-corrected chi connectivity index (χ2v) is 10.2. The Hall–Kier alpha value is -3.56. The summed E-state index contributed by atoms with van der Waals surface area (Å²) in [5, 5.41) is 25.5. The quantitative estimate of drug-likeness (QED) is 0.332. The van der Waals surface area contributed by atoms with E-state index in [1.807, 2.05) is 45.0 Å². The molecule has 2 atom stereocenters. The highest BCUT2D eigenvalue weighted by Crippen LogP contribution is 2.29. The van der Waals surface area contributed by atoms with Gasteiger partial charge in [-0.15, -0.1) is 0 Å². The first kappa shape index (κ1) is 30.0. The molecule has 39 heavy (non-hydrogen) atoms. The van der Waals surface area contributed by atoms with Crippen molar-refractivity contribution in [3.63, 3.8) is 0 Å². The van der Waals surface area contributed by atoms with Crippen molar-refractivity contribution < 1.29 is 28.9 Å². The van der Waals surface area contributed by atoms with Gasteiger partial charge in [-0.1, -0.05) is 38.1 Å². The lowest BCUT2D eigenvalue weighted by Gasteiger charge is -2.19. The van der Waals surface area contributed by atoms with Gasteiger partial charge in [0.05, 0.1) is 31.4 Å². The summed E-state index contributed by atoms with van der Waals surface area (Å²) in [6, 6.07) is 13.7. The zero-order chi connectivity index (χ0) is 28.7. The van der Waals surface area contributed by atoms with Gasteiger partial charge in [0, 0.05) is 24.8 Å². The Morgan fingerprint density at radius 3 is 2.36 bits per heavy atom. The average molecular weight is 540 g/mol. The molecule has 3 rings (SSSR count). The van der Waals surface area contributed by atoms with Crippen molar-refractivity contribution >= 4 is 11.9 Å². The second-order valence-electron chi connectivity index (χ2n) is 10.2. The number of hydrogen-bond donors (Lipinski definition) is 2. The predicted octanol–water partition coefficient (Wildman–Crippen LogP) is 4.32. The minimum absolute atomic E-state index is 0.00174. The van der Waals surface area contributed by atoms with Gasteiger partial charge in [-0.3, -0.25) is 9.59 Å². The predicted molar refractivity (Wildman–Crippen MR) is 146 cm³/mol. The lowest BCUT2D eigenvalue weighted by Crippen LogP contribution is -2.28. The van der Waals surface area contributed by atoms with E-state index in [0.717, 1.165) is 22.4 Å². The fourth-order valence-corrected chi connectivity index (χ4v) is 4.66. The fraction of sp³-hybridized carbons (Fsp3) is 0.433. The maximum Gasteiger partial charge on any atom is 0.308 e. The van der Waals surface area contributed by atoms with Gasteiger partial charge < -0.3 is 19.8 Å². The average Bonchev–Trinajstić information content (AvgIpc) is 3.28. The smallest absolute Gasteiger partial charge is 0.308 e. The van der Waals surface area contributed by atoms with Crippen LogP contribution < -0.4 is 0 Å². The molecule has 0 saturated heterocycles. The van der Waals surface area contributed by atoms with Crippen molar-refractivity contribution in [2.45, 2.75) is 71.1 Å². The van der Waals surface area contributed by atoms with Gasteiger partial charge in [-0.05, 0) is 67.5 Å². The molecule has 0 aliphatic rings. The molecule has 1 amide bonds. The molecule has 0 unspecified atom stereocenters. The molecule has 210 valence electrons. The molecule has 2 N–H and O–H groups in total. The Balaban J connectivity index is 1.94. The Bertz CT molecular complexity index is 1270. The molecule has 0 spiro atoms. The molecule has 0 aliphatic carbocycles. The molecule has 9 heteroatoms. The van der Waals surface area contributed by atoms with Crippen LogP contribution in [0, 0.1) is 12.7 Å². The first-order chi connectivity index (χ1) is 18.5. The fourth-order valence-electron chi connectivity index (χ4n) is 4.66. The maximum atomic E-state index is 13.7. The van der Waals surface area contributed by atoms with Crippen LogP contribution in [-0.2, 0) is 22.5 Å². The third-order valence-electron chi connectivity index (χ3n) is 6.78. The summed E-state index contributed by atoms with van der Waals surface area (Å²) in [4.78, 5) is 26.8. The number of methoxy groups -OCH3 is 1. The van der Waals surface area contributed by atoms with Crippen LogP contribution >= 0.6 is 0 Å². The Morgan fingerprint density at radius 2 is 1.74 bits per heavy atom. The van der Waals surface area contributed by atoms with Crippen LogP contribution in [0.3, 0.4) is 0 Å². The molecular weight excluding hydrogens is 501 g/mol. The first-order valence-electron chi connectivity index (χ1n) is 13.1. The van der Waals surface area contributed by atoms with Gasteiger partial charge in [0.25, 0.3) is 5.91 Å². The van der Waals surface area contributed by atoms with Gasteiger partial charge in [0.2, 0.25) is 0 Å². The summed E-state index contributed by atoms with van der Waals surface area (Å²) < 4.78 is 19.9. The van der Waals surface area contributed by atoms with Crippen molar-refractivity contribution in [2.75, 3.05) is 14.2 Å². The SMILES string of the molecule is COC(=O)C[C@H](O)C[C@H](O)CCc1c(C(C)C)c(C(=O)N(C)Cc2ccccc2C)nn1-c1ccc(F)cc1. The number of ether oxygens (including phenoxy) is 1. The monoisotopic (exact) mass is 539 g/mol. The van der Waals surface area contributed by atoms with E-state index in [1.165, 1.54) is 19.2 Å². The third-order valence-corrected chi connectivity index (χ3v) is 6.78. The van der Waals surface area contributed by atoms with Crippen molar-refractivity contribution in [2.24, 2.45) is 0 Å². The van der Waals surface area contributed by atoms with E-state index >= 15 is 0 Å². The molecule has 0 bridgehead atoms. The summed E-state index contributed by atoms with van der Waals surface area (Å²) in [5.74, 6) is -1.25. The van der Waals surface area contributed by atoms with Gasteiger partial charge in [0.15, 0.2) is 5.69 Å². The maximum absolute atomic E-state index is 13.7. The van der Waals surface area contributed by atoms with Gasteiger partial charge in [-0.25, -0.2) is 9.07 Å². The molecule has 1 heterocycles. The summed E-state index contributed by atoms with van der Waals surface area (Å²) >= 11 is 0. The number of nitrogens with zero attached hydrogens (tertiary/aromatic N) is 3. The van der Waals surface area contributed by atoms with E-state index in [0.29, 0.717) is 24.3 Å². The van der Waals surface area contributed by atoms with Gasteiger partial charge >= 0.3 is 5.97 Å². The minimum atomic E-state index is -1.04. The minimum Gasteiger partial charge on any atom is -0.469 e. The number of amides is 1. The van der Waals surface area contributed by atoms with Crippen molar-refractivity contribution in [3.05, 3.63) is 82.4 Å². The highest BCUT2D eigenvalue weighted by atomic mass is 19.1. The first-order valence-corrected chi connectivity index (χ1v) is 13.1. The van der Waals surface area contributed by atoms with Crippen molar-refractivity contribution in [1.82, 2.24) is 14.7 Å². The molecule has 0 saturated carbocycles. The zero-order valence-electron chi connectivity index (χ0n) is 23.2. The standard InChI is InChI=1S/C30H38FN3O5/c1-19(2)28-26(15-14-24(35)16-25(36)17-27(37)39-5)34(23-12-10-22(31)11-13-23)32-29(28)30(38)33(4)18-21-9-7-6-8-20(21)3/h6-13,19,24-25,35-36H,14-18H2,1-5H3/t24-,25-/m1/s1. The zero-order valence-corrected chi connectivity index (χ0v) is 23.2. The lowest BCUT2D eigenvalue weighted by molar-refractivity contribution is -0.143. The Morgan fingerprint density at radius 1 is 1.08 bits per heavy atom. The molecule has 0 radical (unpaired) electrons. The molecule has 3 aromatic rings. The van der Waals surface area contributed by atoms with Crippen molar-refractivity contribution in [3.8, 4) is 5.69 Å². The summed E-state index contributed by atoms with van der Waals surface area (Å²) in [7, 11) is 2.98. The van der Waals surface area contributed by atoms with Crippen molar-refractivity contribution in [1.29, 1.82) is 0 Å². The van der Waals surface area contributed by atoms with Gasteiger partial charge in [0.1, 0.15) is 5.82 Å². The molecule has 1 aromatic heterocycles. The van der Waals surface area contributed by atoms with E-state index in [9.17, 15) is 24.2 Å². The second kappa shape index (κ2) is 13.5. The lowest BCUT2D eigenvalue weighted by atomic mass is 9.95. The molecule has 0 aliphatic heterocycles. The largest absolute Gasteiger partial charge is 0.469 e. The van der Waals surface area contributed by atoms with Crippen LogP contribution in [0.25, 0.3) is 5.69 Å². The number of aliphatic hydroxyl groups excluding tert-OH is 2. The number of benzene rings is 2. The van der Waals surface area contributed by atoms with E-state index in [-0.39, 0.29) is 36.9 Å². The summed E-state index contributed by atoms with van der Waals surface area (Å²) in [5.41, 5.74) is 4.50. The van der Waals surface area contributed by atoms with Crippen LogP contribution in [0.2, 0.25) is 0 Å². The van der Waals surface area contributed by atoms with E-state index < -0.39 is 18.2 Å². The topological polar surface area (TPSA) is 105 Å². The highest BCUT2D eigenvalue weighted by Gasteiger charge is 2.28. The van der Waals surface area contributed by atoms with Crippen LogP contribution in [0.4, 0.5) is 4.39 Å². The Labute approximate surface area is 229 Å².